The number of benzene rings is 3. The average molecular weight is 898 g/mol. The van der Waals surface area contributed by atoms with Crippen molar-refractivity contribution in [1.29, 1.82) is 0 Å². The molecule has 19 heteroatoms. The highest BCUT2D eigenvalue weighted by Gasteiger charge is 2.54. The zero-order valence-corrected chi connectivity index (χ0v) is 37.1. The van der Waals surface area contributed by atoms with Gasteiger partial charge in [-0.05, 0) is 79.5 Å². The van der Waals surface area contributed by atoms with E-state index < -0.39 is 34.1 Å². The highest BCUT2D eigenvalue weighted by molar-refractivity contribution is 7.89. The summed E-state index contributed by atoms with van der Waals surface area (Å²) in [7, 11) is 5.15. The number of carbonyl (C=O) groups is 3. The van der Waals surface area contributed by atoms with Crippen molar-refractivity contribution < 1.29 is 56.0 Å². The van der Waals surface area contributed by atoms with Gasteiger partial charge in [0.1, 0.15) is 22.9 Å². The van der Waals surface area contributed by atoms with Crippen molar-refractivity contribution in [3.63, 3.8) is 0 Å². The number of rotatable bonds is 10. The summed E-state index contributed by atoms with van der Waals surface area (Å²) >= 11 is 5.85. The van der Waals surface area contributed by atoms with Crippen LogP contribution in [-0.4, -0.2) is 110 Å². The molecule has 1 unspecified atom stereocenters. The summed E-state index contributed by atoms with van der Waals surface area (Å²) in [6.07, 6.45) is 1.42. The van der Waals surface area contributed by atoms with Crippen LogP contribution in [-0.2, 0) is 35.4 Å². The Bertz CT molecular complexity index is 2450. The van der Waals surface area contributed by atoms with Gasteiger partial charge in [0.25, 0.3) is 5.91 Å². The predicted molar refractivity (Wildman–Crippen MR) is 229 cm³/mol. The van der Waals surface area contributed by atoms with Gasteiger partial charge in [0.05, 0.1) is 75.5 Å². The summed E-state index contributed by atoms with van der Waals surface area (Å²) < 4.78 is 61.7. The van der Waals surface area contributed by atoms with Crippen molar-refractivity contribution in [2.45, 2.75) is 61.9 Å². The number of piperidine rings is 1. The minimum Gasteiger partial charge on any atom is -0.497 e. The molecule has 1 aromatic heterocycles. The Morgan fingerprint density at radius 1 is 0.935 bits per heavy atom. The van der Waals surface area contributed by atoms with Gasteiger partial charge in [-0.3, -0.25) is 14.5 Å². The molecule has 334 valence electrons. The van der Waals surface area contributed by atoms with Crippen molar-refractivity contribution in [3.05, 3.63) is 69.9 Å². The lowest BCUT2D eigenvalue weighted by Crippen LogP contribution is -2.58. The van der Waals surface area contributed by atoms with Crippen LogP contribution in [0.25, 0.3) is 10.9 Å². The molecule has 0 radical (unpaired) electrons. The van der Waals surface area contributed by atoms with Crippen LogP contribution in [0.4, 0.5) is 5.69 Å². The molecule has 3 aliphatic heterocycles. The molecule has 1 saturated heterocycles. The van der Waals surface area contributed by atoms with E-state index in [9.17, 15) is 22.8 Å². The first-order valence-electron chi connectivity index (χ1n) is 20.2. The molecule has 1 amide bonds. The number of ether oxygens (including phenoxy) is 7. The number of aromatic nitrogens is 1. The molecule has 62 heavy (non-hydrogen) atoms. The zero-order valence-electron chi connectivity index (χ0n) is 35.5. The van der Waals surface area contributed by atoms with Crippen LogP contribution in [0.5, 0.6) is 23.0 Å². The van der Waals surface area contributed by atoms with E-state index in [-0.39, 0.29) is 57.0 Å². The standard InChI is InChI=1S/C33H40N2O9.C10H12ClN3O3S/c1-38-19-7-8-20-21-9-10-35-16-18-13-27(44-32(36)17-11-25(39-2)30(41-4)26(12-17)40-3)31(42-5)28(33(37)43-6)22(18)15-24(35)29(21)34-23(20)14-19;1-2-9-13-7-4-6(11)8(18(12,16)17)3-5(7)10(15)14-9/h7-8,11-12,14,18,22,24,27-28,31,34H,9-10,13,15-16H2,1-6H3;3-4,9,13H,2H2,1H3,(H,14,15)(H2,12,16,17)/t18-,22+,24-,27-,28+,31+;/m1./s1. The largest absolute Gasteiger partial charge is 0.497 e. The Kier molecular flexibility index (Phi) is 13.2. The predicted octanol–water partition coefficient (Wildman–Crippen LogP) is 5.05. The number of halogens is 1. The fourth-order valence-corrected chi connectivity index (χ4v) is 10.6. The maximum Gasteiger partial charge on any atom is 0.338 e. The van der Waals surface area contributed by atoms with E-state index in [0.29, 0.717) is 35.8 Å². The van der Waals surface area contributed by atoms with Crippen molar-refractivity contribution in [2.75, 3.05) is 61.1 Å². The summed E-state index contributed by atoms with van der Waals surface area (Å²) in [5, 5.41) is 12.0. The Hall–Kier alpha value is -5.27. The summed E-state index contributed by atoms with van der Waals surface area (Å²) in [6.45, 7) is 3.59. The normalized spacial score (nSPS) is 24.0. The minimum absolute atomic E-state index is 0.00620. The second-order valence-electron chi connectivity index (χ2n) is 15.6. The van der Waals surface area contributed by atoms with E-state index in [0.717, 1.165) is 37.2 Å². The summed E-state index contributed by atoms with van der Waals surface area (Å²) in [5.74, 6) is 0.0908. The maximum absolute atomic E-state index is 13.5. The van der Waals surface area contributed by atoms with Gasteiger partial charge in [-0.2, -0.15) is 0 Å². The van der Waals surface area contributed by atoms with Gasteiger partial charge in [0.15, 0.2) is 11.5 Å². The molecule has 8 rings (SSSR count). The second kappa shape index (κ2) is 18.2. The first-order valence-corrected chi connectivity index (χ1v) is 22.1. The number of nitrogens with two attached hydrogens (primary N) is 1. The summed E-state index contributed by atoms with van der Waals surface area (Å²) in [5.41, 5.74) is 4.55. The lowest BCUT2D eigenvalue weighted by molar-refractivity contribution is -0.176. The molecule has 3 aromatic carbocycles. The Morgan fingerprint density at radius 2 is 1.66 bits per heavy atom. The number of H-pyrrole nitrogens is 1. The Balaban J connectivity index is 0.000000268. The molecule has 2 fully saturated rings. The van der Waals surface area contributed by atoms with Crippen molar-refractivity contribution in [1.82, 2.24) is 15.2 Å². The quantitative estimate of drug-likeness (QED) is 0.153. The number of aromatic amines is 1. The topological polar surface area (TPSA) is 219 Å². The fraction of sp³-hybridized carbons (Fsp3) is 0.465. The molecule has 1 aliphatic carbocycles. The Morgan fingerprint density at radius 3 is 2.27 bits per heavy atom. The van der Waals surface area contributed by atoms with Crippen molar-refractivity contribution >= 4 is 56.1 Å². The van der Waals surface area contributed by atoms with Crippen LogP contribution in [0.3, 0.4) is 0 Å². The van der Waals surface area contributed by atoms with Crippen LogP contribution in [0.1, 0.15) is 64.2 Å². The fourth-order valence-electron chi connectivity index (χ4n) is 9.50. The second-order valence-corrected chi connectivity index (χ2v) is 17.6. The van der Waals surface area contributed by atoms with Crippen LogP contribution < -0.4 is 34.7 Å². The van der Waals surface area contributed by atoms with Gasteiger partial charge in [0, 0.05) is 42.9 Å². The SMILES string of the molecule is CCC1NC(=O)c2cc(S(N)(=O)=O)c(Cl)cc2N1.COC(=O)[C@H]1[C@H]2C[C@@H]3c4[nH]c5cc(OC)ccc5c4CCN3C[C@H]2C[C@@H](OC(=O)c2cc(OC)c(OC)c(OC)c2)[C@@H]1OC. The molecule has 0 spiro atoms. The van der Waals surface area contributed by atoms with Gasteiger partial charge in [-0.25, -0.2) is 18.4 Å². The van der Waals surface area contributed by atoms with Crippen LogP contribution in [0, 0.1) is 17.8 Å². The number of primary sulfonamides is 1. The average Bonchev–Trinajstić information content (AvgIpc) is 3.64. The molecule has 17 nitrogen and oxygen atoms in total. The molecule has 4 aliphatic rings. The molecular formula is C43H52ClN5O12S. The summed E-state index contributed by atoms with van der Waals surface area (Å²) in [4.78, 5) is 44.7. The Labute approximate surface area is 364 Å². The first-order chi connectivity index (χ1) is 29.7. The van der Waals surface area contributed by atoms with E-state index in [1.54, 1.807) is 26.4 Å². The zero-order chi connectivity index (χ0) is 44.6. The van der Waals surface area contributed by atoms with Gasteiger partial charge in [0.2, 0.25) is 15.8 Å². The number of hydrogen-bond donors (Lipinski definition) is 4. The van der Waals surface area contributed by atoms with E-state index in [2.05, 4.69) is 26.6 Å². The van der Waals surface area contributed by atoms with E-state index in [1.807, 2.05) is 19.1 Å². The van der Waals surface area contributed by atoms with Crippen LogP contribution >= 0.6 is 11.6 Å². The van der Waals surface area contributed by atoms with E-state index in [1.165, 1.54) is 57.2 Å². The van der Waals surface area contributed by atoms with Crippen LogP contribution in [0.2, 0.25) is 5.02 Å². The third kappa shape index (κ3) is 8.45. The third-order valence-corrected chi connectivity index (χ3v) is 13.8. The van der Waals surface area contributed by atoms with Gasteiger partial charge in [-0.15, -0.1) is 0 Å². The number of hydrogen-bond acceptors (Lipinski definition) is 14. The molecule has 7 atom stereocenters. The number of carbonyl (C=O) groups excluding carboxylic acids is 3. The van der Waals surface area contributed by atoms with Crippen LogP contribution in [0.15, 0.2) is 47.4 Å². The van der Waals surface area contributed by atoms with E-state index in [4.69, 9.17) is 49.9 Å². The van der Waals surface area contributed by atoms with Crippen molar-refractivity contribution in [3.8, 4) is 23.0 Å². The number of fused-ring (bicyclic) bond motifs is 7. The number of methoxy groups -OCH3 is 6. The number of amides is 1. The van der Waals surface area contributed by atoms with Gasteiger partial charge < -0.3 is 48.8 Å². The highest BCUT2D eigenvalue weighted by Crippen LogP contribution is 2.51. The molecule has 4 heterocycles. The lowest BCUT2D eigenvalue weighted by atomic mass is 9.63. The van der Waals surface area contributed by atoms with Gasteiger partial charge in [-0.1, -0.05) is 18.5 Å². The highest BCUT2D eigenvalue weighted by atomic mass is 35.5. The van der Waals surface area contributed by atoms with Crippen molar-refractivity contribution in [2.24, 2.45) is 22.9 Å². The third-order valence-electron chi connectivity index (χ3n) is 12.4. The molecular weight excluding hydrogens is 846 g/mol. The number of sulfonamides is 1. The molecule has 0 bridgehead atoms. The molecule has 1 saturated carbocycles. The smallest absolute Gasteiger partial charge is 0.338 e. The number of nitrogens with zero attached hydrogens (tertiary/aromatic N) is 1. The van der Waals surface area contributed by atoms with E-state index >= 15 is 0 Å². The first kappa shape index (κ1) is 44.8. The number of nitrogens with one attached hydrogen (secondary N) is 3. The summed E-state index contributed by atoms with van der Waals surface area (Å²) in [6, 6.07) is 12.0. The molecule has 4 aromatic rings. The maximum atomic E-state index is 13.5. The minimum atomic E-state index is -3.95. The number of anilines is 1. The van der Waals surface area contributed by atoms with Gasteiger partial charge >= 0.3 is 11.9 Å². The number of esters is 2. The lowest BCUT2D eigenvalue weighted by Gasteiger charge is -2.52. The monoisotopic (exact) mass is 897 g/mol. The molecule has 5 N–H and O–H groups in total.